The Morgan fingerprint density at radius 3 is 2.95 bits per heavy atom. The molecule has 1 saturated heterocycles. The van der Waals surface area contributed by atoms with Gasteiger partial charge in [-0.1, -0.05) is 6.07 Å². The Bertz CT molecular complexity index is 494. The quantitative estimate of drug-likeness (QED) is 0.874. The number of ether oxygens (including phenoxy) is 1. The number of nitrogens with zero attached hydrogens (tertiary/aromatic N) is 1. The molecular formula is C13H16F2N2O2. The van der Waals surface area contributed by atoms with Gasteiger partial charge in [0.2, 0.25) is 0 Å². The van der Waals surface area contributed by atoms with Gasteiger partial charge in [-0.2, -0.15) is 0 Å². The first kappa shape index (κ1) is 13.9. The van der Waals surface area contributed by atoms with Crippen LogP contribution < -0.4 is 5.73 Å². The summed E-state index contributed by atoms with van der Waals surface area (Å²) in [5.74, 6) is -2.30. The average molecular weight is 270 g/mol. The van der Waals surface area contributed by atoms with Crippen LogP contribution in [-0.4, -0.2) is 43.2 Å². The molecule has 4 nitrogen and oxygen atoms in total. The summed E-state index contributed by atoms with van der Waals surface area (Å²) in [6, 6.07) is 2.41. The minimum absolute atomic E-state index is 0.244. The molecule has 0 bridgehead atoms. The van der Waals surface area contributed by atoms with E-state index in [0.29, 0.717) is 13.2 Å². The van der Waals surface area contributed by atoms with Crippen molar-refractivity contribution in [1.82, 2.24) is 4.90 Å². The van der Waals surface area contributed by atoms with Crippen molar-refractivity contribution in [2.75, 3.05) is 26.2 Å². The van der Waals surface area contributed by atoms with Crippen LogP contribution in [0, 0.1) is 18.6 Å². The lowest BCUT2D eigenvalue weighted by molar-refractivity contribution is -0.0170. The van der Waals surface area contributed by atoms with Gasteiger partial charge in [0.05, 0.1) is 12.7 Å². The zero-order chi connectivity index (χ0) is 14.0. The molecule has 1 fully saturated rings. The zero-order valence-corrected chi connectivity index (χ0v) is 10.7. The Balaban J connectivity index is 2.27. The largest absolute Gasteiger partial charge is 0.373 e. The molecule has 0 radical (unpaired) electrons. The lowest BCUT2D eigenvalue weighted by Crippen LogP contribution is -2.48. The van der Waals surface area contributed by atoms with Crippen LogP contribution in [0.2, 0.25) is 0 Å². The van der Waals surface area contributed by atoms with Gasteiger partial charge >= 0.3 is 0 Å². The second kappa shape index (κ2) is 5.63. The van der Waals surface area contributed by atoms with Crippen molar-refractivity contribution in [1.29, 1.82) is 0 Å². The fraction of sp³-hybridized carbons (Fsp3) is 0.462. The van der Waals surface area contributed by atoms with Crippen molar-refractivity contribution in [3.05, 3.63) is 34.9 Å². The Labute approximate surface area is 110 Å². The molecule has 1 aliphatic rings. The van der Waals surface area contributed by atoms with E-state index in [0.717, 1.165) is 6.07 Å². The molecule has 1 heterocycles. The van der Waals surface area contributed by atoms with Crippen molar-refractivity contribution in [3.63, 3.8) is 0 Å². The minimum Gasteiger partial charge on any atom is -0.373 e. The molecule has 0 spiro atoms. The molecule has 0 aliphatic carbocycles. The van der Waals surface area contributed by atoms with Crippen LogP contribution in [0.5, 0.6) is 0 Å². The van der Waals surface area contributed by atoms with Crippen LogP contribution in [0.15, 0.2) is 12.1 Å². The van der Waals surface area contributed by atoms with Crippen molar-refractivity contribution in [3.8, 4) is 0 Å². The van der Waals surface area contributed by atoms with Gasteiger partial charge < -0.3 is 15.4 Å². The third-order valence-electron chi connectivity index (χ3n) is 3.19. The number of aryl methyl sites for hydroxylation is 1. The van der Waals surface area contributed by atoms with E-state index in [-0.39, 0.29) is 24.8 Å². The molecular weight excluding hydrogens is 254 g/mol. The molecule has 1 amide bonds. The van der Waals surface area contributed by atoms with E-state index in [4.69, 9.17) is 10.5 Å². The Hall–Kier alpha value is -1.53. The van der Waals surface area contributed by atoms with Crippen LogP contribution in [0.3, 0.4) is 0 Å². The highest BCUT2D eigenvalue weighted by molar-refractivity contribution is 5.95. The Morgan fingerprint density at radius 1 is 1.53 bits per heavy atom. The molecule has 0 saturated carbocycles. The molecule has 0 aromatic heterocycles. The first-order chi connectivity index (χ1) is 9.04. The number of hydrogen-bond acceptors (Lipinski definition) is 3. The van der Waals surface area contributed by atoms with Crippen LogP contribution in [0.25, 0.3) is 0 Å². The van der Waals surface area contributed by atoms with E-state index in [2.05, 4.69) is 0 Å². The fourth-order valence-electron chi connectivity index (χ4n) is 2.06. The Morgan fingerprint density at radius 2 is 2.26 bits per heavy atom. The predicted octanol–water partition coefficient (Wildman–Crippen LogP) is 1.07. The van der Waals surface area contributed by atoms with E-state index in [1.54, 1.807) is 0 Å². The molecule has 2 N–H and O–H groups in total. The number of hydrogen-bond donors (Lipinski definition) is 1. The topological polar surface area (TPSA) is 55.6 Å². The number of halogens is 2. The van der Waals surface area contributed by atoms with Crippen molar-refractivity contribution in [2.24, 2.45) is 5.73 Å². The van der Waals surface area contributed by atoms with Crippen molar-refractivity contribution >= 4 is 5.91 Å². The summed E-state index contributed by atoms with van der Waals surface area (Å²) in [7, 11) is 0. The summed E-state index contributed by atoms with van der Waals surface area (Å²) in [5, 5.41) is 0. The maximum atomic E-state index is 13.9. The standard InChI is InChI=1S/C13H16F2N2O2/c1-8-2-3-10(14)11(12(8)15)13(18)17-4-5-19-9(6-16)7-17/h2-3,9H,4-7,16H2,1H3. The zero-order valence-electron chi connectivity index (χ0n) is 10.7. The molecule has 1 aromatic carbocycles. The number of carbonyl (C=O) groups excluding carboxylic acids is 1. The number of carbonyl (C=O) groups is 1. The van der Waals surface area contributed by atoms with Crippen LogP contribution in [0.1, 0.15) is 15.9 Å². The first-order valence-corrected chi connectivity index (χ1v) is 6.10. The summed E-state index contributed by atoms with van der Waals surface area (Å²) < 4.78 is 32.9. The van der Waals surface area contributed by atoms with Crippen LogP contribution in [-0.2, 0) is 4.74 Å². The molecule has 1 aromatic rings. The third-order valence-corrected chi connectivity index (χ3v) is 3.19. The van der Waals surface area contributed by atoms with Crippen molar-refractivity contribution < 1.29 is 18.3 Å². The van der Waals surface area contributed by atoms with Crippen molar-refractivity contribution in [2.45, 2.75) is 13.0 Å². The van der Waals surface area contributed by atoms with Gasteiger partial charge in [-0.15, -0.1) is 0 Å². The predicted molar refractivity (Wildman–Crippen MR) is 65.8 cm³/mol. The number of rotatable bonds is 2. The van der Waals surface area contributed by atoms with Gasteiger partial charge in [-0.05, 0) is 18.6 Å². The molecule has 2 rings (SSSR count). The van der Waals surface area contributed by atoms with E-state index in [1.807, 2.05) is 0 Å². The second-order valence-corrected chi connectivity index (χ2v) is 4.53. The summed E-state index contributed by atoms with van der Waals surface area (Å²) in [5.41, 5.74) is 5.22. The summed E-state index contributed by atoms with van der Waals surface area (Å²) in [6.07, 6.45) is -0.284. The molecule has 1 aliphatic heterocycles. The Kier molecular flexibility index (Phi) is 4.11. The number of nitrogens with two attached hydrogens (primary N) is 1. The molecule has 19 heavy (non-hydrogen) atoms. The van der Waals surface area contributed by atoms with Gasteiger partial charge in [0.1, 0.15) is 17.2 Å². The lowest BCUT2D eigenvalue weighted by atomic mass is 10.1. The van der Waals surface area contributed by atoms with E-state index in [1.165, 1.54) is 17.9 Å². The fourth-order valence-corrected chi connectivity index (χ4v) is 2.06. The maximum Gasteiger partial charge on any atom is 0.260 e. The van der Waals surface area contributed by atoms with Crippen LogP contribution >= 0.6 is 0 Å². The number of morpholine rings is 1. The van der Waals surface area contributed by atoms with E-state index in [9.17, 15) is 13.6 Å². The highest BCUT2D eigenvalue weighted by Gasteiger charge is 2.28. The molecule has 1 unspecified atom stereocenters. The maximum absolute atomic E-state index is 13.9. The second-order valence-electron chi connectivity index (χ2n) is 4.53. The summed E-state index contributed by atoms with van der Waals surface area (Å²) in [4.78, 5) is 13.6. The van der Waals surface area contributed by atoms with Gasteiger partial charge in [0.25, 0.3) is 5.91 Å². The number of benzene rings is 1. The summed E-state index contributed by atoms with van der Waals surface area (Å²) >= 11 is 0. The van der Waals surface area contributed by atoms with E-state index < -0.39 is 23.1 Å². The van der Waals surface area contributed by atoms with Gasteiger partial charge in [0, 0.05) is 19.6 Å². The van der Waals surface area contributed by atoms with Gasteiger partial charge in [0.15, 0.2) is 0 Å². The molecule has 104 valence electrons. The van der Waals surface area contributed by atoms with Gasteiger partial charge in [-0.3, -0.25) is 4.79 Å². The normalized spacial score (nSPS) is 19.6. The SMILES string of the molecule is Cc1ccc(F)c(C(=O)N2CCOC(CN)C2)c1F. The lowest BCUT2D eigenvalue weighted by Gasteiger charge is -2.32. The molecule has 1 atom stereocenters. The first-order valence-electron chi connectivity index (χ1n) is 6.10. The third kappa shape index (κ3) is 2.74. The smallest absolute Gasteiger partial charge is 0.260 e. The monoisotopic (exact) mass is 270 g/mol. The molecule has 6 heteroatoms. The number of amides is 1. The highest BCUT2D eigenvalue weighted by Crippen LogP contribution is 2.19. The van der Waals surface area contributed by atoms with Gasteiger partial charge in [-0.25, -0.2) is 8.78 Å². The minimum atomic E-state index is -0.844. The van der Waals surface area contributed by atoms with E-state index >= 15 is 0 Å². The summed E-state index contributed by atoms with van der Waals surface area (Å²) in [6.45, 7) is 2.64. The average Bonchev–Trinajstić information content (AvgIpc) is 2.43. The van der Waals surface area contributed by atoms with Crippen LogP contribution in [0.4, 0.5) is 8.78 Å². The highest BCUT2D eigenvalue weighted by atomic mass is 19.1.